The highest BCUT2D eigenvalue weighted by Crippen LogP contribution is 2.16. The minimum atomic E-state index is -0.229. The summed E-state index contributed by atoms with van der Waals surface area (Å²) in [5.41, 5.74) is 1.44. The smallest absolute Gasteiger partial charge is 0.243 e. The quantitative estimate of drug-likeness (QED) is 0.537. The van der Waals surface area contributed by atoms with Crippen molar-refractivity contribution in [2.45, 2.75) is 19.9 Å². The van der Waals surface area contributed by atoms with Gasteiger partial charge >= 0.3 is 0 Å². The molecule has 1 fully saturated rings. The van der Waals surface area contributed by atoms with Gasteiger partial charge in [0.2, 0.25) is 5.91 Å². The molecule has 1 saturated heterocycles. The van der Waals surface area contributed by atoms with Crippen molar-refractivity contribution in [1.82, 2.24) is 20.4 Å². The average Bonchev–Trinajstić information content (AvgIpc) is 2.68. The Bertz CT molecular complexity index is 675. The van der Waals surface area contributed by atoms with Crippen LogP contribution in [0.4, 0.5) is 4.39 Å². The Morgan fingerprint density at radius 3 is 2.71 bits per heavy atom. The van der Waals surface area contributed by atoms with E-state index in [9.17, 15) is 9.18 Å². The number of benzene rings is 1. The van der Waals surface area contributed by atoms with Crippen molar-refractivity contribution < 1.29 is 13.9 Å². The van der Waals surface area contributed by atoms with E-state index in [0.29, 0.717) is 18.1 Å². The van der Waals surface area contributed by atoms with Gasteiger partial charge in [-0.05, 0) is 31.0 Å². The number of carbonyl (C=O) groups is 1. The largest absolute Gasteiger partial charge is 0.379 e. The summed E-state index contributed by atoms with van der Waals surface area (Å²) in [5, 5.41) is 6.55. The van der Waals surface area contributed by atoms with Gasteiger partial charge in [-0.25, -0.2) is 9.38 Å². The maximum atomic E-state index is 13.9. The molecule has 28 heavy (non-hydrogen) atoms. The van der Waals surface area contributed by atoms with E-state index in [1.807, 2.05) is 13.0 Å². The Hall–Kier alpha value is -2.19. The van der Waals surface area contributed by atoms with Crippen LogP contribution in [0.15, 0.2) is 23.2 Å². The van der Waals surface area contributed by atoms with Crippen molar-refractivity contribution in [2.75, 3.05) is 60.0 Å². The highest BCUT2D eigenvalue weighted by atomic mass is 19.1. The van der Waals surface area contributed by atoms with Crippen molar-refractivity contribution in [3.63, 3.8) is 0 Å². The fraction of sp³-hybridized carbons (Fsp3) is 0.600. The van der Waals surface area contributed by atoms with Crippen molar-refractivity contribution in [3.05, 3.63) is 35.1 Å². The number of rotatable bonds is 7. The Labute approximate surface area is 166 Å². The number of aliphatic imine (C=N–C) groups is 1. The molecule has 2 rings (SSSR count). The zero-order chi connectivity index (χ0) is 20.5. The highest BCUT2D eigenvalue weighted by Gasteiger charge is 2.13. The van der Waals surface area contributed by atoms with E-state index in [0.717, 1.165) is 38.4 Å². The Morgan fingerprint density at radius 2 is 2.07 bits per heavy atom. The van der Waals surface area contributed by atoms with Crippen molar-refractivity contribution in [2.24, 2.45) is 4.99 Å². The molecule has 1 aromatic rings. The molecule has 1 aromatic carbocycles. The van der Waals surface area contributed by atoms with Crippen molar-refractivity contribution in [1.29, 1.82) is 0 Å². The van der Waals surface area contributed by atoms with E-state index in [-0.39, 0.29) is 24.3 Å². The number of nitrogens with one attached hydrogen (secondary N) is 2. The third-order valence-corrected chi connectivity index (χ3v) is 4.74. The summed E-state index contributed by atoms with van der Waals surface area (Å²) in [6, 6.07) is 5.04. The van der Waals surface area contributed by atoms with Gasteiger partial charge in [-0.2, -0.15) is 0 Å². The molecule has 1 amide bonds. The molecule has 0 spiro atoms. The molecule has 0 aliphatic carbocycles. The lowest BCUT2D eigenvalue weighted by Gasteiger charge is -2.27. The second-order valence-electron chi connectivity index (χ2n) is 7.21. The van der Waals surface area contributed by atoms with Gasteiger partial charge in [0.1, 0.15) is 12.4 Å². The highest BCUT2D eigenvalue weighted by molar-refractivity contribution is 5.85. The first kappa shape index (κ1) is 22.1. The summed E-state index contributed by atoms with van der Waals surface area (Å²) in [5.74, 6) is 0.230. The monoisotopic (exact) mass is 393 g/mol. The first-order valence-electron chi connectivity index (χ1n) is 9.68. The van der Waals surface area contributed by atoms with E-state index < -0.39 is 0 Å². The number of morpholine rings is 1. The van der Waals surface area contributed by atoms with Crippen LogP contribution in [-0.2, 0) is 9.53 Å². The molecule has 2 N–H and O–H groups in total. The van der Waals surface area contributed by atoms with Gasteiger partial charge in [0, 0.05) is 40.3 Å². The minimum Gasteiger partial charge on any atom is -0.379 e. The molecule has 156 valence electrons. The molecule has 0 bridgehead atoms. The van der Waals surface area contributed by atoms with Crippen LogP contribution in [0.3, 0.4) is 0 Å². The third kappa shape index (κ3) is 7.09. The van der Waals surface area contributed by atoms with Gasteiger partial charge in [-0.3, -0.25) is 9.69 Å². The van der Waals surface area contributed by atoms with E-state index >= 15 is 0 Å². The Kier molecular flexibility index (Phi) is 8.66. The van der Waals surface area contributed by atoms with Gasteiger partial charge in [-0.1, -0.05) is 12.1 Å². The number of hydrogen-bond acceptors (Lipinski definition) is 4. The molecule has 0 radical (unpaired) electrons. The maximum Gasteiger partial charge on any atom is 0.243 e. The summed E-state index contributed by atoms with van der Waals surface area (Å²) in [6.45, 7) is 8.63. The zero-order valence-electron chi connectivity index (χ0n) is 17.3. The van der Waals surface area contributed by atoms with Crippen molar-refractivity contribution >= 4 is 11.9 Å². The van der Waals surface area contributed by atoms with Crippen LogP contribution in [0.5, 0.6) is 0 Å². The maximum absolute atomic E-state index is 13.9. The molecule has 0 aromatic heterocycles. The summed E-state index contributed by atoms with van der Waals surface area (Å²) >= 11 is 0. The number of amides is 1. The third-order valence-electron chi connectivity index (χ3n) is 4.74. The van der Waals surface area contributed by atoms with Crippen LogP contribution in [-0.4, -0.2) is 81.7 Å². The van der Waals surface area contributed by atoms with Crippen molar-refractivity contribution in [3.8, 4) is 0 Å². The lowest BCUT2D eigenvalue weighted by atomic mass is 10.1. The lowest BCUT2D eigenvalue weighted by molar-refractivity contribution is -0.127. The molecule has 8 heteroatoms. The number of ether oxygens (including phenoxy) is 1. The molecule has 1 aliphatic rings. The second-order valence-corrected chi connectivity index (χ2v) is 7.21. The molecule has 1 heterocycles. The lowest BCUT2D eigenvalue weighted by Crippen LogP contribution is -2.45. The normalized spacial score (nSPS) is 16.5. The Balaban J connectivity index is 1.98. The zero-order valence-corrected chi connectivity index (χ0v) is 17.3. The topological polar surface area (TPSA) is 69.2 Å². The minimum absolute atomic E-state index is 0.0505. The predicted octanol–water partition coefficient (Wildman–Crippen LogP) is 1.15. The summed E-state index contributed by atoms with van der Waals surface area (Å²) < 4.78 is 19.3. The van der Waals surface area contributed by atoms with Crippen LogP contribution in [0.25, 0.3) is 0 Å². The number of guanidine groups is 1. The Morgan fingerprint density at radius 1 is 1.36 bits per heavy atom. The SMILES string of the molecule is Cc1ccc(C(C)NC(=NCC(=O)N(C)C)NCCN2CCOCC2)cc1F. The molecule has 1 aliphatic heterocycles. The van der Waals surface area contributed by atoms with Crippen LogP contribution in [0.1, 0.15) is 24.1 Å². The van der Waals surface area contributed by atoms with Crippen LogP contribution >= 0.6 is 0 Å². The number of hydrogen-bond donors (Lipinski definition) is 2. The number of carbonyl (C=O) groups excluding carboxylic acids is 1. The van der Waals surface area contributed by atoms with Gasteiger partial charge in [0.15, 0.2) is 5.96 Å². The molecule has 7 nitrogen and oxygen atoms in total. The fourth-order valence-corrected chi connectivity index (χ4v) is 2.76. The fourth-order valence-electron chi connectivity index (χ4n) is 2.76. The van der Waals surface area contributed by atoms with Crippen LogP contribution < -0.4 is 10.6 Å². The molecule has 1 unspecified atom stereocenters. The summed E-state index contributed by atoms with van der Waals surface area (Å²) in [4.78, 5) is 20.1. The van der Waals surface area contributed by atoms with Gasteiger partial charge in [-0.15, -0.1) is 0 Å². The number of likely N-dealkylation sites (N-methyl/N-ethyl adjacent to an activating group) is 1. The molecule has 1 atom stereocenters. The van der Waals surface area contributed by atoms with Gasteiger partial charge in [0.05, 0.1) is 19.3 Å². The van der Waals surface area contributed by atoms with Gasteiger partial charge < -0.3 is 20.3 Å². The van der Waals surface area contributed by atoms with Crippen LogP contribution in [0, 0.1) is 12.7 Å². The predicted molar refractivity (Wildman–Crippen MR) is 109 cm³/mol. The van der Waals surface area contributed by atoms with E-state index in [4.69, 9.17) is 4.74 Å². The average molecular weight is 394 g/mol. The van der Waals surface area contributed by atoms with E-state index in [2.05, 4.69) is 20.5 Å². The van der Waals surface area contributed by atoms with E-state index in [1.165, 1.54) is 11.0 Å². The number of nitrogens with zero attached hydrogens (tertiary/aromatic N) is 3. The summed E-state index contributed by atoms with van der Waals surface area (Å²) in [6.07, 6.45) is 0. The number of aryl methyl sites for hydroxylation is 1. The molecular formula is C20H32FN5O2. The molecule has 0 saturated carbocycles. The summed E-state index contributed by atoms with van der Waals surface area (Å²) in [7, 11) is 3.41. The second kappa shape index (κ2) is 11.0. The van der Waals surface area contributed by atoms with Gasteiger partial charge in [0.25, 0.3) is 0 Å². The first-order chi connectivity index (χ1) is 13.4. The number of halogens is 1. The van der Waals surface area contributed by atoms with E-state index in [1.54, 1.807) is 27.1 Å². The van der Waals surface area contributed by atoms with Crippen LogP contribution in [0.2, 0.25) is 0 Å². The first-order valence-corrected chi connectivity index (χ1v) is 9.68. The standard InChI is InChI=1S/C20H32FN5O2/c1-15-5-6-17(13-18(15)21)16(2)24-20(23-14-19(27)25(3)4)22-7-8-26-9-11-28-12-10-26/h5-6,13,16H,7-12,14H2,1-4H3,(H2,22,23,24). The molecular weight excluding hydrogens is 361 g/mol.